The minimum atomic E-state index is -2.54. The van der Waals surface area contributed by atoms with Gasteiger partial charge in [0.25, 0.3) is 5.92 Å². The van der Waals surface area contributed by atoms with Gasteiger partial charge in [-0.25, -0.2) is 8.78 Å². The molecule has 1 heterocycles. The lowest BCUT2D eigenvalue weighted by atomic mass is 9.96. The molecule has 0 aromatic carbocycles. The predicted octanol–water partition coefficient (Wildman–Crippen LogP) is 3.91. The van der Waals surface area contributed by atoms with Crippen LogP contribution in [0, 0.1) is 11.8 Å². The monoisotopic (exact) mass is 387 g/mol. The Balaban J connectivity index is 1.47. The summed E-state index contributed by atoms with van der Waals surface area (Å²) in [6.45, 7) is 4.87. The van der Waals surface area contributed by atoms with Crippen LogP contribution in [-0.2, 0) is 4.79 Å². The molecule has 0 aromatic heterocycles. The van der Waals surface area contributed by atoms with Crippen molar-refractivity contribution in [2.45, 2.75) is 76.0 Å². The molecule has 0 radical (unpaired) electrons. The first-order valence-electron chi connectivity index (χ1n) is 9.93. The molecule has 2 saturated carbocycles. The van der Waals surface area contributed by atoms with Crippen molar-refractivity contribution >= 4 is 22.8 Å². The second kappa shape index (κ2) is 8.55. The van der Waals surface area contributed by atoms with Crippen molar-refractivity contribution in [2.75, 3.05) is 19.6 Å². The van der Waals surface area contributed by atoms with E-state index in [1.807, 2.05) is 4.90 Å². The molecule has 1 saturated heterocycles. The molecular formula is C19H31F2N3OS. The number of alkyl halides is 2. The third kappa shape index (κ3) is 5.65. The van der Waals surface area contributed by atoms with E-state index in [9.17, 15) is 13.6 Å². The number of piperidine rings is 1. The molecule has 148 valence electrons. The zero-order valence-corrected chi connectivity index (χ0v) is 16.7. The molecule has 4 atom stereocenters. The molecule has 1 amide bonds. The average Bonchev–Trinajstić information content (AvgIpc) is 3.14. The summed E-state index contributed by atoms with van der Waals surface area (Å²) in [5, 5.41) is 4.46. The Bertz CT molecular complexity index is 543. The van der Waals surface area contributed by atoms with E-state index in [-0.39, 0.29) is 24.1 Å². The second-order valence-electron chi connectivity index (χ2n) is 8.31. The zero-order valence-electron chi connectivity index (χ0n) is 15.8. The first-order chi connectivity index (χ1) is 12.3. The summed E-state index contributed by atoms with van der Waals surface area (Å²) >= 11 is 1.58. The number of aliphatic imine (C=N–C) groups is 1. The van der Waals surface area contributed by atoms with Crippen LogP contribution < -0.4 is 5.32 Å². The van der Waals surface area contributed by atoms with Crippen LogP contribution in [0.2, 0.25) is 0 Å². The number of nitrogens with one attached hydrogen (secondary N) is 1. The molecule has 4 nitrogen and oxygen atoms in total. The van der Waals surface area contributed by atoms with Crippen LogP contribution in [0.15, 0.2) is 4.99 Å². The summed E-state index contributed by atoms with van der Waals surface area (Å²) in [5.41, 5.74) is 0. The van der Waals surface area contributed by atoms with Gasteiger partial charge in [-0.15, -0.1) is 0 Å². The molecule has 2 bridgehead atoms. The van der Waals surface area contributed by atoms with Gasteiger partial charge in [-0.2, -0.15) is 4.99 Å². The summed E-state index contributed by atoms with van der Waals surface area (Å²) in [7, 11) is 0. The van der Waals surface area contributed by atoms with Crippen molar-refractivity contribution in [3.05, 3.63) is 0 Å². The van der Waals surface area contributed by atoms with Crippen LogP contribution >= 0.6 is 11.8 Å². The Morgan fingerprint density at radius 2 is 2.19 bits per heavy atom. The highest BCUT2D eigenvalue weighted by Crippen LogP contribution is 2.44. The first-order valence-corrected chi connectivity index (χ1v) is 10.8. The third-order valence-electron chi connectivity index (χ3n) is 5.94. The maximum Gasteiger partial charge on any atom is 0.260 e. The Kier molecular flexibility index (Phi) is 6.59. The van der Waals surface area contributed by atoms with Gasteiger partial charge < -0.3 is 5.32 Å². The zero-order chi connectivity index (χ0) is 18.7. The Morgan fingerprint density at radius 1 is 1.38 bits per heavy atom. The number of amidine groups is 1. The lowest BCUT2D eigenvalue weighted by molar-refractivity contribution is -0.115. The second-order valence-corrected chi connectivity index (χ2v) is 9.74. The van der Waals surface area contributed by atoms with Crippen LogP contribution in [0.5, 0.6) is 0 Å². The van der Waals surface area contributed by atoms with E-state index in [2.05, 4.69) is 17.2 Å². The summed E-state index contributed by atoms with van der Waals surface area (Å²) in [6, 6.07) is 0.437. The third-order valence-corrected chi connectivity index (χ3v) is 7.01. The highest BCUT2D eigenvalue weighted by Gasteiger charge is 2.40. The number of halogens is 2. The van der Waals surface area contributed by atoms with Crippen molar-refractivity contribution in [1.82, 2.24) is 10.2 Å². The van der Waals surface area contributed by atoms with Gasteiger partial charge >= 0.3 is 0 Å². The highest BCUT2D eigenvalue weighted by molar-refractivity contribution is 8.14. The van der Waals surface area contributed by atoms with Crippen molar-refractivity contribution in [3.63, 3.8) is 0 Å². The van der Waals surface area contributed by atoms with Crippen molar-refractivity contribution in [3.8, 4) is 0 Å². The minimum Gasteiger partial charge on any atom is -0.362 e. The molecule has 1 aliphatic heterocycles. The molecule has 3 aliphatic rings. The molecule has 0 spiro atoms. The fourth-order valence-corrected chi connectivity index (χ4v) is 5.67. The molecular weight excluding hydrogens is 356 g/mol. The molecule has 2 aliphatic carbocycles. The predicted molar refractivity (Wildman–Crippen MR) is 103 cm³/mol. The van der Waals surface area contributed by atoms with E-state index >= 15 is 0 Å². The number of carbonyl (C=O) groups is 1. The number of rotatable bonds is 5. The van der Waals surface area contributed by atoms with E-state index in [0.717, 1.165) is 18.9 Å². The van der Waals surface area contributed by atoms with Crippen molar-refractivity contribution in [2.24, 2.45) is 16.8 Å². The summed E-state index contributed by atoms with van der Waals surface area (Å²) in [6.07, 6.45) is 6.49. The summed E-state index contributed by atoms with van der Waals surface area (Å²) in [5.74, 6) is -1.19. The minimum absolute atomic E-state index is 0.0106. The number of amides is 1. The fraction of sp³-hybridized carbons (Fsp3) is 0.895. The number of fused-ring (bicyclic) bond motifs is 2. The number of carbonyl (C=O) groups excluding carboxylic acids is 1. The Morgan fingerprint density at radius 3 is 2.81 bits per heavy atom. The van der Waals surface area contributed by atoms with Crippen LogP contribution in [0.4, 0.5) is 8.78 Å². The van der Waals surface area contributed by atoms with E-state index < -0.39 is 5.92 Å². The SMILES string of the molecule is CC(=O)/N=C(/NC1CC2CCC1C2)SC(C)CCN1CCCC(F)(F)C1. The van der Waals surface area contributed by atoms with Gasteiger partial charge in [0.05, 0.1) is 6.54 Å². The van der Waals surface area contributed by atoms with Crippen LogP contribution in [0.25, 0.3) is 0 Å². The Labute approximate surface area is 159 Å². The van der Waals surface area contributed by atoms with Gasteiger partial charge in [0.2, 0.25) is 5.91 Å². The van der Waals surface area contributed by atoms with Gasteiger partial charge in [0.1, 0.15) is 0 Å². The van der Waals surface area contributed by atoms with E-state index in [1.165, 1.54) is 32.6 Å². The van der Waals surface area contributed by atoms with Gasteiger partial charge in [0.15, 0.2) is 5.17 Å². The fourth-order valence-electron chi connectivity index (χ4n) is 4.67. The number of thioether (sulfide) groups is 1. The van der Waals surface area contributed by atoms with Crippen molar-refractivity contribution < 1.29 is 13.6 Å². The number of likely N-dealkylation sites (tertiary alicyclic amines) is 1. The molecule has 26 heavy (non-hydrogen) atoms. The molecule has 7 heteroatoms. The first kappa shape index (κ1) is 20.1. The molecule has 1 N–H and O–H groups in total. The average molecular weight is 388 g/mol. The van der Waals surface area contributed by atoms with Crippen LogP contribution in [0.1, 0.15) is 58.8 Å². The molecule has 3 rings (SSSR count). The quantitative estimate of drug-likeness (QED) is 0.574. The summed E-state index contributed by atoms with van der Waals surface area (Å²) in [4.78, 5) is 17.6. The van der Waals surface area contributed by atoms with E-state index in [4.69, 9.17) is 0 Å². The molecule has 3 fully saturated rings. The Hall–Kier alpha value is -0.690. The standard InChI is InChI=1S/C19H31F2N3OS/c1-13(6-9-24-8-3-7-19(20,21)12-24)26-18(22-14(2)25)23-17-11-15-4-5-16(17)10-15/h13,15-17H,3-12H2,1-2H3,(H,22,23,25). The lowest BCUT2D eigenvalue weighted by Gasteiger charge is -2.33. The van der Waals surface area contributed by atoms with E-state index in [1.54, 1.807) is 11.8 Å². The topological polar surface area (TPSA) is 44.7 Å². The maximum absolute atomic E-state index is 13.5. The van der Waals surface area contributed by atoms with Crippen LogP contribution in [-0.4, -0.2) is 52.8 Å². The van der Waals surface area contributed by atoms with Gasteiger partial charge in [-0.05, 0) is 57.0 Å². The largest absolute Gasteiger partial charge is 0.362 e. The van der Waals surface area contributed by atoms with Crippen molar-refractivity contribution in [1.29, 1.82) is 0 Å². The van der Waals surface area contributed by atoms with Gasteiger partial charge in [-0.1, -0.05) is 25.1 Å². The number of hydrogen-bond donors (Lipinski definition) is 1. The smallest absolute Gasteiger partial charge is 0.260 e. The normalized spacial score (nSPS) is 32.6. The van der Waals surface area contributed by atoms with Gasteiger partial charge in [-0.3, -0.25) is 9.69 Å². The van der Waals surface area contributed by atoms with E-state index in [0.29, 0.717) is 30.1 Å². The lowest BCUT2D eigenvalue weighted by Crippen LogP contribution is -2.43. The summed E-state index contributed by atoms with van der Waals surface area (Å²) < 4.78 is 27.0. The maximum atomic E-state index is 13.5. The molecule has 4 unspecified atom stereocenters. The number of nitrogens with zero attached hydrogens (tertiary/aromatic N) is 2. The van der Waals surface area contributed by atoms with Gasteiger partial charge in [0, 0.05) is 24.6 Å². The number of hydrogen-bond acceptors (Lipinski definition) is 3. The highest BCUT2D eigenvalue weighted by atomic mass is 32.2. The molecule has 0 aromatic rings. The van der Waals surface area contributed by atoms with Crippen LogP contribution in [0.3, 0.4) is 0 Å².